The quantitative estimate of drug-likeness (QED) is 0.809. The van der Waals surface area contributed by atoms with Gasteiger partial charge < -0.3 is 20.9 Å². The highest BCUT2D eigenvalue weighted by Crippen LogP contribution is 2.17. The molecule has 0 bridgehead atoms. The van der Waals surface area contributed by atoms with Crippen LogP contribution in [0, 0.1) is 0 Å². The molecule has 1 aromatic carbocycles. The average Bonchev–Trinajstić information content (AvgIpc) is 2.87. The van der Waals surface area contributed by atoms with Crippen LogP contribution in [0.25, 0.3) is 0 Å². The topological polar surface area (TPSA) is 78.7 Å². The monoisotopic (exact) mass is 324 g/mol. The minimum atomic E-state index is -0.0100. The lowest BCUT2D eigenvalue weighted by Gasteiger charge is -2.36. The summed E-state index contributed by atoms with van der Waals surface area (Å²) in [5.74, 6) is 0.136. The van der Waals surface area contributed by atoms with E-state index in [2.05, 4.69) is 5.32 Å². The molecule has 0 radical (unpaired) electrons. The molecule has 2 aliphatic rings. The Morgan fingerprint density at radius 2 is 2.09 bits per heavy atom. The Bertz CT molecular complexity index is 566. The number of amides is 3. The van der Waals surface area contributed by atoms with Crippen molar-refractivity contribution >= 4 is 30.0 Å². The van der Waals surface area contributed by atoms with Crippen LogP contribution in [0.2, 0.25) is 0 Å². The smallest absolute Gasteiger partial charge is 0.317 e. The van der Waals surface area contributed by atoms with E-state index in [0.29, 0.717) is 39.0 Å². The Hall–Kier alpha value is -1.95. The number of hydrogen-bond donors (Lipinski definition) is 2. The van der Waals surface area contributed by atoms with E-state index >= 15 is 0 Å². The number of carbonyl (C=O) groups excluding carboxylic acids is 2. The predicted molar refractivity (Wildman–Crippen MR) is 86.9 cm³/mol. The van der Waals surface area contributed by atoms with Crippen LogP contribution in [0.15, 0.2) is 24.3 Å². The first kappa shape index (κ1) is 16.4. The molecule has 0 spiro atoms. The van der Waals surface area contributed by atoms with Gasteiger partial charge in [0.2, 0.25) is 5.91 Å². The molecule has 2 saturated heterocycles. The third kappa shape index (κ3) is 3.27. The first-order chi connectivity index (χ1) is 10.1. The molecule has 0 aromatic heterocycles. The van der Waals surface area contributed by atoms with Crippen molar-refractivity contribution in [2.75, 3.05) is 31.9 Å². The number of nitrogen functional groups attached to an aromatic ring is 1. The van der Waals surface area contributed by atoms with Gasteiger partial charge in [0, 0.05) is 38.3 Å². The summed E-state index contributed by atoms with van der Waals surface area (Å²) in [5.41, 5.74) is 7.65. The van der Waals surface area contributed by atoms with E-state index in [4.69, 9.17) is 5.73 Å². The molecule has 3 N–H and O–H groups in total. The molecule has 22 heavy (non-hydrogen) atoms. The zero-order valence-corrected chi connectivity index (χ0v) is 13.1. The fourth-order valence-electron chi connectivity index (χ4n) is 2.99. The summed E-state index contributed by atoms with van der Waals surface area (Å²) in [6.07, 6.45) is 1.12. The normalized spacial score (nSPS) is 20.2. The summed E-state index contributed by atoms with van der Waals surface area (Å²) in [6, 6.07) is 7.75. The lowest BCUT2D eigenvalue weighted by molar-refractivity contribution is -0.133. The van der Waals surface area contributed by atoms with E-state index in [1.807, 2.05) is 34.1 Å². The number of para-hydroxylation sites is 1. The molecule has 1 atom stereocenters. The average molecular weight is 325 g/mol. The number of piperazine rings is 1. The van der Waals surface area contributed by atoms with Crippen LogP contribution in [-0.4, -0.2) is 54.0 Å². The van der Waals surface area contributed by atoms with Crippen molar-refractivity contribution in [3.63, 3.8) is 0 Å². The SMILES string of the molecule is Cl.Nc1ccccc1CCC(=O)N1CCN2C(=O)NCC2C1. The van der Waals surface area contributed by atoms with E-state index in [0.717, 1.165) is 11.3 Å². The van der Waals surface area contributed by atoms with Crippen LogP contribution in [0.3, 0.4) is 0 Å². The number of halogens is 1. The maximum atomic E-state index is 12.3. The summed E-state index contributed by atoms with van der Waals surface area (Å²) in [6.45, 7) is 2.50. The molecular formula is C15H21ClN4O2. The van der Waals surface area contributed by atoms with Gasteiger partial charge in [0.1, 0.15) is 0 Å². The molecule has 0 aliphatic carbocycles. The number of nitrogens with one attached hydrogen (secondary N) is 1. The Morgan fingerprint density at radius 3 is 2.86 bits per heavy atom. The molecule has 1 unspecified atom stereocenters. The first-order valence-electron chi connectivity index (χ1n) is 7.31. The zero-order chi connectivity index (χ0) is 14.8. The number of aryl methyl sites for hydroxylation is 1. The van der Waals surface area contributed by atoms with Crippen LogP contribution in [0.4, 0.5) is 10.5 Å². The van der Waals surface area contributed by atoms with Gasteiger partial charge in [-0.15, -0.1) is 12.4 Å². The number of nitrogens with zero attached hydrogens (tertiary/aromatic N) is 2. The minimum absolute atomic E-state index is 0. The van der Waals surface area contributed by atoms with Crippen LogP contribution in [-0.2, 0) is 11.2 Å². The molecule has 120 valence electrons. The van der Waals surface area contributed by atoms with Gasteiger partial charge in [-0.3, -0.25) is 4.79 Å². The second-order valence-electron chi connectivity index (χ2n) is 5.57. The van der Waals surface area contributed by atoms with Crippen LogP contribution in [0.1, 0.15) is 12.0 Å². The van der Waals surface area contributed by atoms with Gasteiger partial charge in [-0.05, 0) is 18.1 Å². The number of carbonyl (C=O) groups is 2. The van der Waals surface area contributed by atoms with Crippen LogP contribution < -0.4 is 11.1 Å². The van der Waals surface area contributed by atoms with E-state index in [1.54, 1.807) is 0 Å². The number of hydrogen-bond acceptors (Lipinski definition) is 3. The summed E-state index contributed by atoms with van der Waals surface area (Å²) in [4.78, 5) is 27.5. The van der Waals surface area contributed by atoms with Crippen molar-refractivity contribution in [1.29, 1.82) is 0 Å². The second kappa shape index (κ2) is 6.87. The highest BCUT2D eigenvalue weighted by Gasteiger charge is 2.36. The molecule has 7 heteroatoms. The highest BCUT2D eigenvalue weighted by atomic mass is 35.5. The minimum Gasteiger partial charge on any atom is -0.399 e. The molecule has 2 aliphatic heterocycles. The van der Waals surface area contributed by atoms with Crippen molar-refractivity contribution in [2.45, 2.75) is 18.9 Å². The van der Waals surface area contributed by atoms with Crippen molar-refractivity contribution in [2.24, 2.45) is 0 Å². The molecule has 2 fully saturated rings. The second-order valence-corrected chi connectivity index (χ2v) is 5.57. The number of nitrogens with two attached hydrogens (primary N) is 1. The fourth-order valence-corrected chi connectivity index (χ4v) is 2.99. The molecule has 3 rings (SSSR count). The molecule has 2 heterocycles. The van der Waals surface area contributed by atoms with Crippen LogP contribution in [0.5, 0.6) is 0 Å². The van der Waals surface area contributed by atoms with Gasteiger partial charge in [-0.1, -0.05) is 18.2 Å². The summed E-state index contributed by atoms with van der Waals surface area (Å²) in [5, 5.41) is 2.82. The van der Waals surface area contributed by atoms with E-state index < -0.39 is 0 Å². The molecule has 3 amide bonds. The van der Waals surface area contributed by atoms with Gasteiger partial charge in [0.05, 0.1) is 6.04 Å². The van der Waals surface area contributed by atoms with E-state index in [9.17, 15) is 9.59 Å². The lowest BCUT2D eigenvalue weighted by Crippen LogP contribution is -2.53. The van der Waals surface area contributed by atoms with Crippen molar-refractivity contribution < 1.29 is 9.59 Å². The number of benzene rings is 1. The highest BCUT2D eigenvalue weighted by molar-refractivity contribution is 5.85. The molecular weight excluding hydrogens is 304 g/mol. The first-order valence-corrected chi connectivity index (χ1v) is 7.31. The van der Waals surface area contributed by atoms with Crippen LogP contribution >= 0.6 is 12.4 Å². The van der Waals surface area contributed by atoms with E-state index in [-0.39, 0.29) is 30.4 Å². The largest absolute Gasteiger partial charge is 0.399 e. The predicted octanol–water partition coefficient (Wildman–Crippen LogP) is 0.859. The van der Waals surface area contributed by atoms with Crippen molar-refractivity contribution in [1.82, 2.24) is 15.1 Å². The lowest BCUT2D eigenvalue weighted by atomic mass is 10.1. The van der Waals surface area contributed by atoms with Gasteiger partial charge in [0.15, 0.2) is 0 Å². The van der Waals surface area contributed by atoms with Gasteiger partial charge in [-0.25, -0.2) is 4.79 Å². The van der Waals surface area contributed by atoms with Gasteiger partial charge >= 0.3 is 6.03 Å². The number of anilines is 1. The summed E-state index contributed by atoms with van der Waals surface area (Å²) in [7, 11) is 0. The van der Waals surface area contributed by atoms with Crippen molar-refractivity contribution in [3.05, 3.63) is 29.8 Å². The fraction of sp³-hybridized carbons (Fsp3) is 0.467. The maximum absolute atomic E-state index is 12.3. The Labute approximate surface area is 136 Å². The summed E-state index contributed by atoms with van der Waals surface area (Å²) < 4.78 is 0. The van der Waals surface area contributed by atoms with E-state index in [1.165, 1.54) is 0 Å². The number of urea groups is 1. The summed E-state index contributed by atoms with van der Waals surface area (Å²) >= 11 is 0. The van der Waals surface area contributed by atoms with Crippen molar-refractivity contribution in [3.8, 4) is 0 Å². The standard InChI is InChI=1S/C15H20N4O2.ClH/c16-13-4-2-1-3-11(13)5-6-14(20)18-7-8-19-12(10-18)9-17-15(19)21;/h1-4,12H,5-10,16H2,(H,17,21);1H. The maximum Gasteiger partial charge on any atom is 0.317 e. The number of rotatable bonds is 3. The number of fused-ring (bicyclic) bond motifs is 1. The molecule has 6 nitrogen and oxygen atoms in total. The zero-order valence-electron chi connectivity index (χ0n) is 12.3. The third-order valence-corrected chi connectivity index (χ3v) is 4.25. The third-order valence-electron chi connectivity index (χ3n) is 4.25. The Kier molecular flexibility index (Phi) is 5.13. The molecule has 1 aromatic rings. The van der Waals surface area contributed by atoms with Gasteiger partial charge in [-0.2, -0.15) is 0 Å². The molecule has 0 saturated carbocycles. The van der Waals surface area contributed by atoms with Gasteiger partial charge in [0.25, 0.3) is 0 Å². The Balaban J connectivity index is 0.00000176. The Morgan fingerprint density at radius 1 is 1.32 bits per heavy atom.